The van der Waals surface area contributed by atoms with Crippen molar-refractivity contribution >= 4 is 30.7 Å². The molecular weight excluding hydrogens is 544 g/mol. The van der Waals surface area contributed by atoms with Crippen LogP contribution in [0.3, 0.4) is 0 Å². The molecule has 1 fully saturated rings. The van der Waals surface area contributed by atoms with Crippen molar-refractivity contribution < 1.29 is 32.3 Å². The number of rotatable bonds is 11. The lowest BCUT2D eigenvalue weighted by Gasteiger charge is -2.30. The van der Waals surface area contributed by atoms with E-state index >= 15 is 4.39 Å². The summed E-state index contributed by atoms with van der Waals surface area (Å²) in [5.41, 5.74) is 5.01. The van der Waals surface area contributed by atoms with Gasteiger partial charge in [-0.05, 0) is 32.9 Å². The maximum Gasteiger partial charge on any atom is 0.459 e. The number of nitriles is 1. The SMILES string of the molecule is CC(C)OC(=O)[C@H](C)NP(=O)(OC[C@H]1O[C@@H](n2cnc3c(N)ncnc32)C(F)C1(C)CC#N)Oc1ccccc1. The first-order valence-electron chi connectivity index (χ1n) is 12.5. The van der Waals surface area contributed by atoms with Gasteiger partial charge in [-0.3, -0.25) is 13.9 Å². The van der Waals surface area contributed by atoms with Crippen LogP contribution >= 0.6 is 7.75 Å². The lowest BCUT2D eigenvalue weighted by Crippen LogP contribution is -2.39. The van der Waals surface area contributed by atoms with E-state index in [0.29, 0.717) is 0 Å². The zero-order valence-electron chi connectivity index (χ0n) is 22.4. The number of hydrogen-bond donors (Lipinski definition) is 2. The molecule has 0 radical (unpaired) electrons. The van der Waals surface area contributed by atoms with Crippen LogP contribution in [0.1, 0.15) is 40.3 Å². The molecule has 0 aliphatic carbocycles. The number of benzene rings is 1. The van der Waals surface area contributed by atoms with Crippen LogP contribution in [-0.4, -0.2) is 56.5 Å². The summed E-state index contributed by atoms with van der Waals surface area (Å²) in [4.78, 5) is 24.6. The molecule has 2 aromatic heterocycles. The molecule has 3 N–H and O–H groups in total. The van der Waals surface area contributed by atoms with E-state index in [-0.39, 0.29) is 29.2 Å². The number of nitrogens with zero attached hydrogens (tertiary/aromatic N) is 5. The van der Waals surface area contributed by atoms with E-state index in [9.17, 15) is 14.6 Å². The normalized spacial score (nSPS) is 24.9. The average molecular weight is 576 g/mol. The first-order chi connectivity index (χ1) is 19.0. The Labute approximate surface area is 230 Å². The Morgan fingerprint density at radius 1 is 1.30 bits per heavy atom. The minimum absolute atomic E-state index is 0.118. The van der Waals surface area contributed by atoms with Gasteiger partial charge in [0.1, 0.15) is 23.6 Å². The summed E-state index contributed by atoms with van der Waals surface area (Å²) in [5, 5.41) is 12.1. The van der Waals surface area contributed by atoms with Crippen LogP contribution < -0.4 is 15.3 Å². The van der Waals surface area contributed by atoms with Gasteiger partial charge in [0.25, 0.3) is 0 Å². The molecule has 40 heavy (non-hydrogen) atoms. The molecule has 4 rings (SSSR count). The largest absolute Gasteiger partial charge is 0.462 e. The second-order valence-electron chi connectivity index (χ2n) is 9.87. The van der Waals surface area contributed by atoms with E-state index in [1.165, 1.54) is 31.1 Å². The van der Waals surface area contributed by atoms with E-state index in [4.69, 9.17) is 24.3 Å². The molecule has 3 heterocycles. The summed E-state index contributed by atoms with van der Waals surface area (Å²) in [6.07, 6.45) is -2.10. The van der Waals surface area contributed by atoms with Crippen LogP contribution in [0.25, 0.3) is 11.2 Å². The number of nitrogen functional groups attached to an aromatic ring is 1. The number of anilines is 1. The summed E-state index contributed by atoms with van der Waals surface area (Å²) >= 11 is 0. The molecule has 6 atom stereocenters. The van der Waals surface area contributed by atoms with Gasteiger partial charge in [0.15, 0.2) is 23.9 Å². The van der Waals surface area contributed by atoms with E-state index in [1.54, 1.807) is 44.2 Å². The third-order valence-corrected chi connectivity index (χ3v) is 8.11. The summed E-state index contributed by atoms with van der Waals surface area (Å²) in [7, 11) is -4.26. The Morgan fingerprint density at radius 2 is 2.02 bits per heavy atom. The maximum atomic E-state index is 16.0. The minimum atomic E-state index is -4.26. The van der Waals surface area contributed by atoms with Crippen molar-refractivity contribution in [1.82, 2.24) is 24.6 Å². The van der Waals surface area contributed by atoms with Gasteiger partial charge >= 0.3 is 13.7 Å². The van der Waals surface area contributed by atoms with Gasteiger partial charge in [-0.15, -0.1) is 0 Å². The van der Waals surface area contributed by atoms with E-state index < -0.39 is 56.4 Å². The van der Waals surface area contributed by atoms with Crippen LogP contribution in [-0.2, 0) is 23.4 Å². The number of nitrogens with two attached hydrogens (primary N) is 1. The van der Waals surface area contributed by atoms with Crippen molar-refractivity contribution in [1.29, 1.82) is 5.26 Å². The number of carbonyl (C=O) groups excluding carboxylic acids is 1. The molecule has 0 spiro atoms. The molecule has 214 valence electrons. The van der Waals surface area contributed by atoms with E-state index in [1.807, 2.05) is 6.07 Å². The van der Waals surface area contributed by atoms with Crippen molar-refractivity contribution in [3.05, 3.63) is 43.0 Å². The topological polar surface area (TPSA) is 176 Å². The molecule has 0 amide bonds. The third kappa shape index (κ3) is 6.08. The third-order valence-electron chi connectivity index (χ3n) is 6.46. The van der Waals surface area contributed by atoms with Gasteiger partial charge in [-0.2, -0.15) is 10.3 Å². The number of imidazole rings is 1. The molecule has 1 saturated heterocycles. The summed E-state index contributed by atoms with van der Waals surface area (Å²) in [6.45, 7) is 5.91. The minimum Gasteiger partial charge on any atom is -0.462 e. The molecule has 13 nitrogen and oxygen atoms in total. The second kappa shape index (κ2) is 11.9. The Hall–Kier alpha value is -3.63. The standard InChI is InChI=1S/C25H31FN7O6P/c1-15(2)37-24(34)16(3)32-40(35,39-17-8-6-5-7-9-17)36-12-18-25(4,10-11-27)20(26)23(38-18)33-14-31-19-21(28)29-13-30-22(19)33/h5-9,13-16,18,20,23H,10,12H2,1-4H3,(H,32,35)(H2,28,29,30)/t16-,18+,20?,23+,25?,40?/m0/s1. The fourth-order valence-corrected chi connectivity index (χ4v) is 5.76. The maximum absolute atomic E-state index is 16.0. The first-order valence-corrected chi connectivity index (χ1v) is 14.1. The highest BCUT2D eigenvalue weighted by molar-refractivity contribution is 7.52. The van der Waals surface area contributed by atoms with Crippen LogP contribution in [0.4, 0.5) is 10.2 Å². The van der Waals surface area contributed by atoms with Gasteiger partial charge in [-0.25, -0.2) is 23.9 Å². The Bertz CT molecular complexity index is 1430. The van der Waals surface area contributed by atoms with E-state index in [2.05, 4.69) is 20.0 Å². The summed E-state index contributed by atoms with van der Waals surface area (Å²) in [5.74, 6) is -0.343. The molecule has 1 aliphatic rings. The Balaban J connectivity index is 1.60. The zero-order valence-corrected chi connectivity index (χ0v) is 23.3. The van der Waals surface area contributed by atoms with Gasteiger partial charge in [0.2, 0.25) is 0 Å². The van der Waals surface area contributed by atoms with Crippen LogP contribution in [0.15, 0.2) is 43.0 Å². The van der Waals surface area contributed by atoms with Gasteiger partial charge in [0.05, 0.1) is 31.2 Å². The Morgan fingerprint density at radius 3 is 2.70 bits per heavy atom. The van der Waals surface area contributed by atoms with Crippen molar-refractivity contribution in [2.45, 2.75) is 64.8 Å². The lowest BCUT2D eigenvalue weighted by atomic mass is 9.79. The van der Waals surface area contributed by atoms with Gasteiger partial charge in [0, 0.05) is 11.8 Å². The highest BCUT2D eigenvalue weighted by Crippen LogP contribution is 2.51. The molecule has 1 aliphatic heterocycles. The fraction of sp³-hybridized carbons (Fsp3) is 0.480. The molecule has 0 bridgehead atoms. The number of para-hydroxylation sites is 1. The van der Waals surface area contributed by atoms with Crippen molar-refractivity contribution in [2.75, 3.05) is 12.3 Å². The number of aromatic nitrogens is 4. The number of fused-ring (bicyclic) bond motifs is 1. The average Bonchev–Trinajstić information content (AvgIpc) is 3.43. The number of carbonyl (C=O) groups is 1. The predicted octanol–water partition coefficient (Wildman–Crippen LogP) is 3.70. The summed E-state index contributed by atoms with van der Waals surface area (Å²) in [6, 6.07) is 9.14. The summed E-state index contributed by atoms with van der Waals surface area (Å²) < 4.78 is 54.0. The number of hydrogen-bond acceptors (Lipinski definition) is 11. The zero-order chi connectivity index (χ0) is 29.1. The quantitative estimate of drug-likeness (QED) is 0.251. The number of halogens is 1. The fourth-order valence-electron chi connectivity index (χ4n) is 4.27. The Kier molecular flexibility index (Phi) is 8.70. The highest BCUT2D eigenvalue weighted by atomic mass is 31.2. The second-order valence-corrected chi connectivity index (χ2v) is 11.6. The van der Waals surface area contributed by atoms with E-state index in [0.717, 1.165) is 0 Å². The monoisotopic (exact) mass is 575 g/mol. The first kappa shape index (κ1) is 29.4. The van der Waals surface area contributed by atoms with Crippen molar-refractivity contribution in [2.24, 2.45) is 5.41 Å². The van der Waals surface area contributed by atoms with Gasteiger partial charge < -0.3 is 19.7 Å². The molecule has 1 aromatic carbocycles. The van der Waals surface area contributed by atoms with Crippen LogP contribution in [0.5, 0.6) is 5.75 Å². The van der Waals surface area contributed by atoms with Crippen LogP contribution in [0, 0.1) is 16.7 Å². The smallest absolute Gasteiger partial charge is 0.459 e. The van der Waals surface area contributed by atoms with Crippen molar-refractivity contribution in [3.8, 4) is 11.8 Å². The van der Waals surface area contributed by atoms with Crippen molar-refractivity contribution in [3.63, 3.8) is 0 Å². The molecule has 3 unspecified atom stereocenters. The molecule has 3 aromatic rings. The number of ether oxygens (including phenoxy) is 2. The van der Waals surface area contributed by atoms with Crippen LogP contribution in [0.2, 0.25) is 0 Å². The molecular formula is C25H31FN7O6P. The number of esters is 1. The molecule has 0 saturated carbocycles. The molecule has 15 heteroatoms. The lowest BCUT2D eigenvalue weighted by molar-refractivity contribution is -0.149. The number of nitrogens with one attached hydrogen (secondary N) is 1. The van der Waals surface area contributed by atoms with Gasteiger partial charge in [-0.1, -0.05) is 25.1 Å². The number of alkyl halides is 1. The highest BCUT2D eigenvalue weighted by Gasteiger charge is 2.56. The predicted molar refractivity (Wildman–Crippen MR) is 141 cm³/mol.